The van der Waals surface area contributed by atoms with Gasteiger partial charge in [-0.3, -0.25) is 9.36 Å². The number of anilines is 1. The van der Waals surface area contributed by atoms with Gasteiger partial charge in [0, 0.05) is 17.3 Å². The van der Waals surface area contributed by atoms with E-state index in [4.69, 9.17) is 0 Å². The molecule has 1 N–H and O–H groups in total. The summed E-state index contributed by atoms with van der Waals surface area (Å²) in [5.74, 6) is 1.34. The summed E-state index contributed by atoms with van der Waals surface area (Å²) in [6.07, 6.45) is 2.26. The molecule has 4 aromatic rings. The van der Waals surface area contributed by atoms with Crippen LogP contribution < -0.4 is 5.32 Å². The number of aryl methyl sites for hydroxylation is 2. The smallest absolute Gasteiger partial charge is 0.242 e. The monoisotopic (exact) mass is 454 g/mol. The normalized spacial score (nSPS) is 14.1. The zero-order valence-electron chi connectivity index (χ0n) is 18.7. The van der Waals surface area contributed by atoms with E-state index in [-0.39, 0.29) is 5.91 Å². The van der Waals surface area contributed by atoms with Crippen LogP contribution in [0.1, 0.15) is 46.5 Å². The molecule has 1 aliphatic rings. The van der Waals surface area contributed by atoms with Crippen LogP contribution in [0, 0.1) is 13.8 Å². The number of hydrogen-bond donors (Lipinski definition) is 1. The first-order valence-electron chi connectivity index (χ1n) is 11.2. The van der Waals surface area contributed by atoms with Gasteiger partial charge in [0.15, 0.2) is 5.16 Å². The molecule has 0 aliphatic heterocycles. The summed E-state index contributed by atoms with van der Waals surface area (Å²) in [4.78, 5) is 13.6. The minimum absolute atomic E-state index is 0.0736. The van der Waals surface area contributed by atoms with Crippen LogP contribution >= 0.6 is 11.8 Å². The summed E-state index contributed by atoms with van der Waals surface area (Å²) in [5.41, 5.74) is 4.94. The van der Waals surface area contributed by atoms with Crippen LogP contribution in [0.25, 0.3) is 5.69 Å². The van der Waals surface area contributed by atoms with Gasteiger partial charge in [-0.1, -0.05) is 72.4 Å². The molecule has 1 heterocycles. The molecule has 5 nitrogen and oxygen atoms in total. The number of aromatic nitrogens is 3. The Morgan fingerprint density at radius 1 is 0.970 bits per heavy atom. The highest BCUT2D eigenvalue weighted by atomic mass is 32.2. The number of rotatable bonds is 7. The Kier molecular flexibility index (Phi) is 6.01. The maximum atomic E-state index is 13.6. The van der Waals surface area contributed by atoms with Crippen molar-refractivity contribution in [2.75, 3.05) is 5.32 Å². The molecule has 6 heteroatoms. The summed E-state index contributed by atoms with van der Waals surface area (Å²) in [6, 6.07) is 26.1. The van der Waals surface area contributed by atoms with E-state index >= 15 is 0 Å². The molecule has 1 fully saturated rings. The lowest BCUT2D eigenvalue weighted by atomic mass is 10.1. The average Bonchev–Trinajstić information content (AvgIpc) is 3.60. The third-order valence-corrected chi connectivity index (χ3v) is 7.03. The molecule has 1 aromatic heterocycles. The van der Waals surface area contributed by atoms with Crippen molar-refractivity contribution in [2.24, 2.45) is 0 Å². The van der Waals surface area contributed by atoms with Crippen molar-refractivity contribution in [1.82, 2.24) is 14.8 Å². The van der Waals surface area contributed by atoms with Crippen LogP contribution in [0.3, 0.4) is 0 Å². The van der Waals surface area contributed by atoms with E-state index in [0.717, 1.165) is 51.9 Å². The molecule has 0 saturated heterocycles. The molecular formula is C27H26N4OS. The molecular weight excluding hydrogens is 428 g/mol. The lowest BCUT2D eigenvalue weighted by Crippen LogP contribution is -2.20. The molecule has 5 rings (SSSR count). The predicted molar refractivity (Wildman–Crippen MR) is 133 cm³/mol. The second-order valence-corrected chi connectivity index (χ2v) is 9.57. The zero-order chi connectivity index (χ0) is 22.8. The van der Waals surface area contributed by atoms with Crippen LogP contribution in [0.5, 0.6) is 0 Å². The maximum Gasteiger partial charge on any atom is 0.242 e. The molecule has 166 valence electrons. The van der Waals surface area contributed by atoms with Gasteiger partial charge in [0.25, 0.3) is 0 Å². The minimum Gasteiger partial charge on any atom is -0.325 e. The number of hydrogen-bond acceptors (Lipinski definition) is 4. The van der Waals surface area contributed by atoms with Crippen molar-refractivity contribution in [3.63, 3.8) is 0 Å². The van der Waals surface area contributed by atoms with Gasteiger partial charge in [0.05, 0.1) is 0 Å². The lowest BCUT2D eigenvalue weighted by molar-refractivity contribution is -0.115. The first-order chi connectivity index (χ1) is 16.1. The Labute approximate surface area is 198 Å². The van der Waals surface area contributed by atoms with Crippen molar-refractivity contribution in [1.29, 1.82) is 0 Å². The van der Waals surface area contributed by atoms with Gasteiger partial charge in [-0.05, 0) is 61.6 Å². The standard InChI is InChI=1S/C27H26N4OS/c1-18-13-14-19(2)23(17-18)28-26(32)24(20-9-5-3-6-10-20)33-27-30-29-25(21-15-16-21)31(27)22-11-7-4-8-12-22/h3-14,17,21,24H,15-16H2,1-2H3,(H,28,32)/t24-/m0/s1. The fraction of sp³-hybridized carbons (Fsp3) is 0.222. The highest BCUT2D eigenvalue weighted by Gasteiger charge is 2.33. The van der Waals surface area contributed by atoms with Crippen LogP contribution in [-0.4, -0.2) is 20.7 Å². The topological polar surface area (TPSA) is 59.8 Å². The van der Waals surface area contributed by atoms with E-state index in [1.54, 1.807) is 0 Å². The Balaban J connectivity index is 1.51. The molecule has 1 amide bonds. The van der Waals surface area contributed by atoms with Gasteiger partial charge in [0.2, 0.25) is 5.91 Å². The third kappa shape index (κ3) is 4.71. The summed E-state index contributed by atoms with van der Waals surface area (Å²) < 4.78 is 2.11. The van der Waals surface area contributed by atoms with E-state index in [0.29, 0.717) is 5.92 Å². The van der Waals surface area contributed by atoms with E-state index < -0.39 is 5.25 Å². The summed E-state index contributed by atoms with van der Waals surface area (Å²) in [7, 11) is 0. The van der Waals surface area contributed by atoms with Crippen LogP contribution in [0.15, 0.2) is 84.0 Å². The molecule has 0 radical (unpaired) electrons. The Morgan fingerprint density at radius 2 is 1.67 bits per heavy atom. The fourth-order valence-corrected chi connectivity index (χ4v) is 4.92. The number of benzene rings is 3. The van der Waals surface area contributed by atoms with Crippen LogP contribution in [0.2, 0.25) is 0 Å². The molecule has 1 atom stereocenters. The van der Waals surface area contributed by atoms with Crippen molar-refractivity contribution in [3.8, 4) is 5.69 Å². The van der Waals surface area contributed by atoms with Gasteiger partial charge >= 0.3 is 0 Å². The molecule has 1 aliphatic carbocycles. The molecule has 3 aromatic carbocycles. The number of nitrogens with one attached hydrogen (secondary N) is 1. The molecule has 0 bridgehead atoms. The van der Waals surface area contributed by atoms with Crippen molar-refractivity contribution in [3.05, 3.63) is 101 Å². The lowest BCUT2D eigenvalue weighted by Gasteiger charge is -2.18. The predicted octanol–water partition coefficient (Wildman–Crippen LogP) is 6.23. The van der Waals surface area contributed by atoms with Crippen LogP contribution in [-0.2, 0) is 4.79 Å². The second kappa shape index (κ2) is 9.24. The van der Waals surface area contributed by atoms with Crippen LogP contribution in [0.4, 0.5) is 5.69 Å². The van der Waals surface area contributed by atoms with Crippen molar-refractivity contribution >= 4 is 23.4 Å². The van der Waals surface area contributed by atoms with Gasteiger partial charge in [0.1, 0.15) is 11.1 Å². The minimum atomic E-state index is -0.468. The number of nitrogens with zero attached hydrogens (tertiary/aromatic N) is 3. The molecule has 0 unspecified atom stereocenters. The third-order valence-electron chi connectivity index (χ3n) is 5.83. The first-order valence-corrected chi connectivity index (χ1v) is 12.1. The van der Waals surface area contributed by atoms with Gasteiger partial charge < -0.3 is 5.32 Å². The van der Waals surface area contributed by atoms with Gasteiger partial charge in [-0.25, -0.2) is 0 Å². The number of carbonyl (C=O) groups is 1. The number of thioether (sulfide) groups is 1. The van der Waals surface area contributed by atoms with Crippen molar-refractivity contribution in [2.45, 2.75) is 43.0 Å². The molecule has 0 spiro atoms. The Morgan fingerprint density at radius 3 is 2.36 bits per heavy atom. The van der Waals surface area contributed by atoms with E-state index in [1.165, 1.54) is 11.8 Å². The Bertz CT molecular complexity index is 1270. The summed E-state index contributed by atoms with van der Waals surface area (Å²) >= 11 is 1.44. The van der Waals surface area contributed by atoms with Gasteiger partial charge in [-0.15, -0.1) is 10.2 Å². The number of carbonyl (C=O) groups excluding carboxylic acids is 1. The average molecular weight is 455 g/mol. The highest BCUT2D eigenvalue weighted by molar-refractivity contribution is 8.00. The van der Waals surface area contributed by atoms with E-state index in [1.807, 2.05) is 74.5 Å². The second-order valence-electron chi connectivity index (χ2n) is 8.50. The van der Waals surface area contributed by atoms with E-state index in [2.05, 4.69) is 38.3 Å². The van der Waals surface area contributed by atoms with E-state index in [9.17, 15) is 4.79 Å². The SMILES string of the molecule is Cc1ccc(C)c(NC(=O)[C@@H](Sc2nnc(C3CC3)n2-c2ccccc2)c2ccccc2)c1. The zero-order valence-corrected chi connectivity index (χ0v) is 19.5. The van der Waals surface area contributed by atoms with Gasteiger partial charge in [-0.2, -0.15) is 0 Å². The number of para-hydroxylation sites is 1. The highest BCUT2D eigenvalue weighted by Crippen LogP contribution is 2.43. The first kappa shape index (κ1) is 21.5. The van der Waals surface area contributed by atoms with Crippen molar-refractivity contribution < 1.29 is 4.79 Å². The molecule has 33 heavy (non-hydrogen) atoms. The Hall–Kier alpha value is -3.38. The fourth-order valence-electron chi connectivity index (χ4n) is 3.86. The quantitative estimate of drug-likeness (QED) is 0.336. The summed E-state index contributed by atoms with van der Waals surface area (Å²) in [6.45, 7) is 4.04. The maximum absolute atomic E-state index is 13.6. The largest absolute Gasteiger partial charge is 0.325 e. The summed E-state index contributed by atoms with van der Waals surface area (Å²) in [5, 5.41) is 12.5. The number of amides is 1. The molecule has 1 saturated carbocycles.